The Hall–Kier alpha value is -1.61. The van der Waals surface area contributed by atoms with Crippen molar-refractivity contribution in [3.63, 3.8) is 0 Å². The normalized spacial score (nSPS) is 10.5. The summed E-state index contributed by atoms with van der Waals surface area (Å²) in [6, 6.07) is 6.48. The van der Waals surface area contributed by atoms with Crippen molar-refractivity contribution in [2.24, 2.45) is 0 Å². The van der Waals surface area contributed by atoms with E-state index in [9.17, 15) is 4.39 Å². The molecule has 1 aromatic carbocycles. The molecular weight excluding hydrogens is 239 g/mol. The van der Waals surface area contributed by atoms with Gasteiger partial charge in [-0.15, -0.1) is 0 Å². The van der Waals surface area contributed by atoms with E-state index in [0.717, 1.165) is 16.7 Å². The van der Waals surface area contributed by atoms with Crippen LogP contribution in [0.2, 0.25) is 5.02 Å². The quantitative estimate of drug-likeness (QED) is 0.888. The largest absolute Gasteiger partial charge is 0.383 e. The maximum absolute atomic E-state index is 13.0. The number of pyridine rings is 1. The fraction of sp³-hybridized carbons (Fsp3) is 0.154. The van der Waals surface area contributed by atoms with Crippen LogP contribution in [-0.2, 0) is 6.42 Å². The molecule has 0 atom stereocenters. The minimum absolute atomic E-state index is 0.233. The summed E-state index contributed by atoms with van der Waals surface area (Å²) >= 11 is 5.87. The summed E-state index contributed by atoms with van der Waals surface area (Å²) < 4.78 is 13.0. The maximum atomic E-state index is 13.0. The molecule has 2 aromatic rings. The summed E-state index contributed by atoms with van der Waals surface area (Å²) in [7, 11) is 0. The highest BCUT2D eigenvalue weighted by atomic mass is 35.5. The van der Waals surface area contributed by atoms with Crippen LogP contribution in [0.4, 0.5) is 10.2 Å². The number of nitrogens with two attached hydrogens (primary N) is 1. The molecule has 0 radical (unpaired) electrons. The molecule has 2 nitrogen and oxygen atoms in total. The van der Waals surface area contributed by atoms with Crippen LogP contribution in [0.5, 0.6) is 0 Å². The number of aromatic nitrogens is 1. The van der Waals surface area contributed by atoms with E-state index in [1.807, 2.05) is 6.92 Å². The highest BCUT2D eigenvalue weighted by Gasteiger charge is 2.06. The van der Waals surface area contributed by atoms with E-state index in [1.54, 1.807) is 12.1 Å². The van der Waals surface area contributed by atoms with E-state index >= 15 is 0 Å². The Kier molecular flexibility index (Phi) is 3.29. The van der Waals surface area contributed by atoms with E-state index in [0.29, 0.717) is 17.3 Å². The van der Waals surface area contributed by atoms with Crippen molar-refractivity contribution in [1.29, 1.82) is 0 Å². The molecular formula is C13H12ClFN2. The van der Waals surface area contributed by atoms with Crippen molar-refractivity contribution in [3.8, 4) is 0 Å². The Morgan fingerprint density at radius 3 is 2.76 bits per heavy atom. The summed E-state index contributed by atoms with van der Waals surface area (Å²) in [4.78, 5) is 3.99. The highest BCUT2D eigenvalue weighted by Crippen LogP contribution is 2.20. The van der Waals surface area contributed by atoms with Crippen LogP contribution in [0.1, 0.15) is 16.7 Å². The Bertz CT molecular complexity index is 555. The van der Waals surface area contributed by atoms with Crippen molar-refractivity contribution in [2.75, 3.05) is 5.73 Å². The molecule has 0 bridgehead atoms. The maximum Gasteiger partial charge on any atom is 0.126 e. The Morgan fingerprint density at radius 1 is 1.29 bits per heavy atom. The van der Waals surface area contributed by atoms with Crippen LogP contribution in [0, 0.1) is 12.7 Å². The lowest BCUT2D eigenvalue weighted by Crippen LogP contribution is -2.00. The topological polar surface area (TPSA) is 38.9 Å². The van der Waals surface area contributed by atoms with Gasteiger partial charge >= 0.3 is 0 Å². The Morgan fingerprint density at radius 2 is 2.06 bits per heavy atom. The van der Waals surface area contributed by atoms with Gasteiger partial charge in [-0.25, -0.2) is 9.37 Å². The summed E-state index contributed by atoms with van der Waals surface area (Å²) in [5.74, 6) is 0.224. The standard InChI is InChI=1S/C13H12ClFN2/c1-8-4-12(15)3-2-9(8)5-10-6-11(14)7-17-13(10)16/h2-4,6-7H,5H2,1H3,(H2,16,17). The molecule has 0 aliphatic rings. The van der Waals surface area contributed by atoms with Gasteiger partial charge in [0.2, 0.25) is 0 Å². The monoisotopic (exact) mass is 250 g/mol. The molecule has 1 heterocycles. The first kappa shape index (κ1) is 11.9. The number of nitrogen functional groups attached to an aromatic ring is 1. The second-order valence-electron chi connectivity index (χ2n) is 3.95. The van der Waals surface area contributed by atoms with Crippen molar-refractivity contribution in [3.05, 3.63) is 58.0 Å². The number of benzene rings is 1. The number of hydrogen-bond donors (Lipinski definition) is 1. The van der Waals surface area contributed by atoms with Gasteiger partial charge in [0.1, 0.15) is 11.6 Å². The molecule has 0 fully saturated rings. The first-order valence-electron chi connectivity index (χ1n) is 5.21. The van der Waals surface area contributed by atoms with Crippen LogP contribution in [-0.4, -0.2) is 4.98 Å². The van der Waals surface area contributed by atoms with Gasteiger partial charge < -0.3 is 5.73 Å². The smallest absolute Gasteiger partial charge is 0.126 e. The molecule has 4 heteroatoms. The first-order chi connectivity index (χ1) is 8.06. The Labute approximate surface area is 104 Å². The van der Waals surface area contributed by atoms with Gasteiger partial charge in [0.25, 0.3) is 0 Å². The van der Waals surface area contributed by atoms with E-state index in [2.05, 4.69) is 4.98 Å². The van der Waals surface area contributed by atoms with Gasteiger partial charge in [-0.05, 0) is 36.2 Å². The van der Waals surface area contributed by atoms with E-state index in [1.165, 1.54) is 18.3 Å². The molecule has 0 aliphatic heterocycles. The van der Waals surface area contributed by atoms with E-state index in [-0.39, 0.29) is 5.82 Å². The molecule has 88 valence electrons. The zero-order valence-corrected chi connectivity index (χ0v) is 10.1. The van der Waals surface area contributed by atoms with Gasteiger partial charge in [-0.1, -0.05) is 17.7 Å². The third kappa shape index (κ3) is 2.74. The van der Waals surface area contributed by atoms with Crippen LogP contribution in [0.3, 0.4) is 0 Å². The molecule has 0 spiro atoms. The SMILES string of the molecule is Cc1cc(F)ccc1Cc1cc(Cl)cnc1N. The molecule has 17 heavy (non-hydrogen) atoms. The zero-order chi connectivity index (χ0) is 12.4. The minimum Gasteiger partial charge on any atom is -0.383 e. The van der Waals surface area contributed by atoms with Crippen molar-refractivity contribution >= 4 is 17.4 Å². The second-order valence-corrected chi connectivity index (χ2v) is 4.38. The molecule has 0 amide bonds. The van der Waals surface area contributed by atoms with E-state index in [4.69, 9.17) is 17.3 Å². The summed E-state index contributed by atoms with van der Waals surface area (Å²) in [6.45, 7) is 1.87. The molecule has 0 saturated carbocycles. The predicted molar refractivity (Wildman–Crippen MR) is 67.6 cm³/mol. The van der Waals surface area contributed by atoms with Crippen LogP contribution < -0.4 is 5.73 Å². The number of anilines is 1. The number of halogens is 2. The fourth-order valence-corrected chi connectivity index (χ4v) is 1.88. The van der Waals surface area contributed by atoms with Crippen molar-refractivity contribution in [1.82, 2.24) is 4.98 Å². The number of hydrogen-bond acceptors (Lipinski definition) is 2. The lowest BCUT2D eigenvalue weighted by atomic mass is 10.0. The minimum atomic E-state index is -0.233. The summed E-state index contributed by atoms with van der Waals surface area (Å²) in [5.41, 5.74) is 8.54. The number of aryl methyl sites for hydroxylation is 1. The summed E-state index contributed by atoms with van der Waals surface area (Å²) in [5, 5.41) is 0.550. The van der Waals surface area contributed by atoms with Crippen LogP contribution in [0.25, 0.3) is 0 Å². The average molecular weight is 251 g/mol. The third-order valence-corrected chi connectivity index (χ3v) is 2.86. The highest BCUT2D eigenvalue weighted by molar-refractivity contribution is 6.30. The van der Waals surface area contributed by atoms with E-state index < -0.39 is 0 Å². The Balaban J connectivity index is 2.34. The van der Waals surface area contributed by atoms with Crippen molar-refractivity contribution in [2.45, 2.75) is 13.3 Å². The zero-order valence-electron chi connectivity index (χ0n) is 9.37. The van der Waals surface area contributed by atoms with Gasteiger partial charge in [0, 0.05) is 18.2 Å². The number of rotatable bonds is 2. The van der Waals surface area contributed by atoms with Gasteiger partial charge in [0.15, 0.2) is 0 Å². The molecule has 0 aliphatic carbocycles. The predicted octanol–water partition coefficient (Wildman–Crippen LogP) is 3.36. The average Bonchev–Trinajstić information content (AvgIpc) is 2.27. The second kappa shape index (κ2) is 4.72. The van der Waals surface area contributed by atoms with Gasteiger partial charge in [-0.3, -0.25) is 0 Å². The third-order valence-electron chi connectivity index (χ3n) is 2.65. The fourth-order valence-electron chi connectivity index (χ4n) is 1.70. The van der Waals surface area contributed by atoms with Crippen LogP contribution >= 0.6 is 11.6 Å². The van der Waals surface area contributed by atoms with Gasteiger partial charge in [0.05, 0.1) is 5.02 Å². The lowest BCUT2D eigenvalue weighted by Gasteiger charge is -2.08. The van der Waals surface area contributed by atoms with Crippen molar-refractivity contribution < 1.29 is 4.39 Å². The molecule has 0 unspecified atom stereocenters. The summed E-state index contributed by atoms with van der Waals surface area (Å²) in [6.07, 6.45) is 2.11. The molecule has 1 aromatic heterocycles. The molecule has 2 rings (SSSR count). The molecule has 2 N–H and O–H groups in total. The van der Waals surface area contributed by atoms with Gasteiger partial charge in [-0.2, -0.15) is 0 Å². The number of nitrogens with zero attached hydrogens (tertiary/aromatic N) is 1. The molecule has 0 saturated heterocycles. The van der Waals surface area contributed by atoms with Crippen LogP contribution in [0.15, 0.2) is 30.5 Å². The first-order valence-corrected chi connectivity index (χ1v) is 5.59. The lowest BCUT2D eigenvalue weighted by molar-refractivity contribution is 0.626.